The predicted molar refractivity (Wildman–Crippen MR) is 94.1 cm³/mol. The Morgan fingerprint density at radius 1 is 1.21 bits per heavy atom. The summed E-state index contributed by atoms with van der Waals surface area (Å²) in [5.74, 6) is -2.45. The van der Waals surface area contributed by atoms with Crippen LogP contribution in [0.4, 0.5) is 22.4 Å². The van der Waals surface area contributed by atoms with Crippen LogP contribution in [0.5, 0.6) is 5.75 Å². The highest BCUT2D eigenvalue weighted by Crippen LogP contribution is 2.26. The van der Waals surface area contributed by atoms with Crippen LogP contribution >= 0.6 is 11.6 Å². The second-order valence-electron chi connectivity index (χ2n) is 6.92. The van der Waals surface area contributed by atoms with E-state index in [1.54, 1.807) is 33.0 Å². The molecule has 6 nitrogen and oxygen atoms in total. The molecule has 1 aromatic carbocycles. The molecule has 28 heavy (non-hydrogen) atoms. The fraction of sp³-hybridized carbons (Fsp3) is 0.529. The Balaban J connectivity index is 2.75. The van der Waals surface area contributed by atoms with E-state index in [1.807, 2.05) is 0 Å². The summed E-state index contributed by atoms with van der Waals surface area (Å²) in [6.07, 6.45) is -5.31. The molecule has 2 N–H and O–H groups in total. The Hall–Kier alpha value is -2.23. The maximum atomic E-state index is 14.0. The van der Waals surface area contributed by atoms with E-state index < -0.39 is 47.9 Å². The first-order valence-electron chi connectivity index (χ1n) is 8.14. The maximum Gasteiger partial charge on any atom is 0.407 e. The van der Waals surface area contributed by atoms with E-state index in [0.717, 1.165) is 12.1 Å². The van der Waals surface area contributed by atoms with Crippen LogP contribution in [0, 0.1) is 5.82 Å². The van der Waals surface area contributed by atoms with E-state index in [1.165, 1.54) is 0 Å². The zero-order valence-corrected chi connectivity index (χ0v) is 16.4. The molecule has 0 fully saturated rings. The molecule has 1 rings (SSSR count). The van der Waals surface area contributed by atoms with Crippen molar-refractivity contribution in [2.45, 2.75) is 45.5 Å². The van der Waals surface area contributed by atoms with Crippen LogP contribution in [0.1, 0.15) is 38.1 Å². The van der Waals surface area contributed by atoms with Crippen molar-refractivity contribution in [1.82, 2.24) is 10.6 Å². The van der Waals surface area contributed by atoms with Gasteiger partial charge >= 0.3 is 12.3 Å². The highest BCUT2D eigenvalue weighted by Gasteiger charge is 2.28. The van der Waals surface area contributed by atoms with E-state index in [2.05, 4.69) is 5.32 Å². The Morgan fingerprint density at radius 2 is 1.82 bits per heavy atom. The van der Waals surface area contributed by atoms with Crippen LogP contribution < -0.4 is 15.4 Å². The van der Waals surface area contributed by atoms with Gasteiger partial charge < -0.3 is 20.1 Å². The van der Waals surface area contributed by atoms with Gasteiger partial charge in [0.1, 0.15) is 18.8 Å². The van der Waals surface area contributed by atoms with Gasteiger partial charge in [-0.2, -0.15) is 13.2 Å². The number of hydrogen-bond acceptors (Lipinski definition) is 4. The average molecular weight is 429 g/mol. The Bertz CT molecular complexity index is 720. The largest absolute Gasteiger partial charge is 0.488 e. The molecule has 0 aliphatic carbocycles. The van der Waals surface area contributed by atoms with Crippen molar-refractivity contribution in [3.8, 4) is 5.75 Å². The molecule has 0 unspecified atom stereocenters. The van der Waals surface area contributed by atoms with Crippen LogP contribution in [0.25, 0.3) is 0 Å². The fourth-order valence-electron chi connectivity index (χ4n) is 1.85. The number of alkyl halides is 3. The van der Waals surface area contributed by atoms with Crippen LogP contribution in [0.15, 0.2) is 12.1 Å². The third-order valence-corrected chi connectivity index (χ3v) is 3.28. The molecule has 158 valence electrons. The predicted octanol–water partition coefficient (Wildman–Crippen LogP) is 4.06. The lowest BCUT2D eigenvalue weighted by Crippen LogP contribution is -2.40. The molecule has 0 aliphatic heterocycles. The van der Waals surface area contributed by atoms with E-state index >= 15 is 0 Å². The van der Waals surface area contributed by atoms with Crippen LogP contribution in [0.3, 0.4) is 0 Å². The van der Waals surface area contributed by atoms with Crippen LogP contribution in [-0.4, -0.2) is 43.0 Å². The van der Waals surface area contributed by atoms with Crippen molar-refractivity contribution in [1.29, 1.82) is 0 Å². The van der Waals surface area contributed by atoms with E-state index in [-0.39, 0.29) is 17.2 Å². The van der Waals surface area contributed by atoms with Crippen LogP contribution in [-0.2, 0) is 4.74 Å². The summed E-state index contributed by atoms with van der Waals surface area (Å²) in [7, 11) is 0. The molecule has 11 heteroatoms. The molecule has 0 heterocycles. The molecule has 1 atom stereocenters. The normalized spacial score (nSPS) is 12.9. The minimum Gasteiger partial charge on any atom is -0.488 e. The molecule has 0 saturated carbocycles. The second-order valence-corrected chi connectivity index (χ2v) is 7.33. The van der Waals surface area contributed by atoms with Crippen molar-refractivity contribution < 1.29 is 36.6 Å². The maximum absolute atomic E-state index is 14.0. The van der Waals surface area contributed by atoms with Crippen molar-refractivity contribution in [2.75, 3.05) is 13.2 Å². The fourth-order valence-corrected chi connectivity index (χ4v) is 2.09. The molecule has 0 bridgehead atoms. The summed E-state index contributed by atoms with van der Waals surface area (Å²) in [4.78, 5) is 23.5. The van der Waals surface area contributed by atoms with Gasteiger partial charge in [0.2, 0.25) is 0 Å². The van der Waals surface area contributed by atoms with Gasteiger partial charge in [0, 0.05) is 0 Å². The number of ether oxygens (including phenoxy) is 2. The van der Waals surface area contributed by atoms with Gasteiger partial charge in [-0.1, -0.05) is 11.6 Å². The van der Waals surface area contributed by atoms with Gasteiger partial charge in [-0.25, -0.2) is 9.18 Å². The van der Waals surface area contributed by atoms with Gasteiger partial charge in [0.15, 0.2) is 11.6 Å². The Kier molecular flexibility index (Phi) is 7.92. The zero-order chi connectivity index (χ0) is 21.7. The van der Waals surface area contributed by atoms with Crippen molar-refractivity contribution >= 4 is 23.6 Å². The van der Waals surface area contributed by atoms with E-state index in [9.17, 15) is 27.2 Å². The first kappa shape index (κ1) is 23.8. The number of carbonyl (C=O) groups excluding carboxylic acids is 2. The van der Waals surface area contributed by atoms with E-state index in [4.69, 9.17) is 21.1 Å². The van der Waals surface area contributed by atoms with Crippen molar-refractivity contribution in [3.63, 3.8) is 0 Å². The Morgan fingerprint density at radius 3 is 2.36 bits per heavy atom. The quantitative estimate of drug-likeness (QED) is 0.670. The molecule has 0 spiro atoms. The highest BCUT2D eigenvalue weighted by molar-refractivity contribution is 6.33. The summed E-state index contributed by atoms with van der Waals surface area (Å²) in [6, 6.07) is 1.06. The third-order valence-electron chi connectivity index (χ3n) is 2.97. The standard InChI is InChI=1S/C17H21ClF4N2O4/c1-9(24-15(26)28-16(2,3)4)7-27-13-5-10(11(18)6-12(13)19)14(25)23-8-17(20,21)22/h5-6,9H,7-8H2,1-4H3,(H,23,25)(H,24,26)/t9-/m0/s1. The molecule has 0 aliphatic rings. The average Bonchev–Trinajstić information content (AvgIpc) is 2.49. The van der Waals surface area contributed by atoms with Crippen molar-refractivity contribution in [2.24, 2.45) is 0 Å². The smallest absolute Gasteiger partial charge is 0.407 e. The summed E-state index contributed by atoms with van der Waals surface area (Å²) in [5.41, 5.74) is -1.08. The van der Waals surface area contributed by atoms with Gasteiger partial charge in [0.25, 0.3) is 5.91 Å². The number of alkyl carbamates (subject to hydrolysis) is 1. The lowest BCUT2D eigenvalue weighted by atomic mass is 10.2. The zero-order valence-electron chi connectivity index (χ0n) is 15.7. The van der Waals surface area contributed by atoms with Crippen LogP contribution in [0.2, 0.25) is 5.02 Å². The highest BCUT2D eigenvalue weighted by atomic mass is 35.5. The molecule has 1 aromatic rings. The third kappa shape index (κ3) is 8.64. The summed E-state index contributed by atoms with van der Waals surface area (Å²) in [6.45, 7) is 4.86. The number of hydrogen-bond donors (Lipinski definition) is 2. The van der Waals surface area contributed by atoms with Gasteiger partial charge in [-0.15, -0.1) is 0 Å². The molecule has 0 radical (unpaired) electrons. The lowest BCUT2D eigenvalue weighted by molar-refractivity contribution is -0.123. The SMILES string of the molecule is C[C@@H](COc1cc(C(=O)NCC(F)(F)F)c(Cl)cc1F)NC(=O)OC(C)(C)C. The molecular weight excluding hydrogens is 408 g/mol. The number of nitrogens with one attached hydrogen (secondary N) is 2. The number of carbonyl (C=O) groups is 2. The van der Waals surface area contributed by atoms with Crippen molar-refractivity contribution in [3.05, 3.63) is 28.5 Å². The Labute approximate surface area is 164 Å². The first-order chi connectivity index (χ1) is 12.7. The van der Waals surface area contributed by atoms with Gasteiger partial charge in [-0.05, 0) is 39.8 Å². The van der Waals surface area contributed by atoms with Gasteiger partial charge in [0.05, 0.1) is 16.6 Å². The van der Waals surface area contributed by atoms with Gasteiger partial charge in [-0.3, -0.25) is 4.79 Å². The summed E-state index contributed by atoms with van der Waals surface area (Å²) >= 11 is 5.73. The summed E-state index contributed by atoms with van der Waals surface area (Å²) < 4.78 is 60.9. The molecular formula is C17H21ClF4N2O4. The molecule has 2 amide bonds. The molecule has 0 saturated heterocycles. The number of amides is 2. The summed E-state index contributed by atoms with van der Waals surface area (Å²) in [5, 5.41) is 3.74. The second kappa shape index (κ2) is 9.31. The number of halogens is 5. The number of rotatable bonds is 6. The topological polar surface area (TPSA) is 76.7 Å². The monoisotopic (exact) mass is 428 g/mol. The minimum absolute atomic E-state index is 0.193. The number of benzene rings is 1. The minimum atomic E-state index is -4.61. The lowest BCUT2D eigenvalue weighted by Gasteiger charge is -2.22. The molecule has 0 aromatic heterocycles. The first-order valence-corrected chi connectivity index (χ1v) is 8.52. The van der Waals surface area contributed by atoms with E-state index in [0.29, 0.717) is 0 Å².